The van der Waals surface area contributed by atoms with Gasteiger partial charge in [-0.2, -0.15) is 13.2 Å². The molecule has 0 radical (unpaired) electrons. The molecule has 2 saturated heterocycles. The highest BCUT2D eigenvalue weighted by Gasteiger charge is 2.50. The zero-order valence-electron chi connectivity index (χ0n) is 24.9. The van der Waals surface area contributed by atoms with Crippen LogP contribution < -0.4 is 15.4 Å². The fraction of sp³-hybridized carbons (Fsp3) is 0.500. The van der Waals surface area contributed by atoms with Gasteiger partial charge < -0.3 is 24.7 Å². The first-order chi connectivity index (χ1) is 21.4. The Morgan fingerprint density at radius 1 is 1.07 bits per heavy atom. The molecule has 2 N–H and O–H groups in total. The zero-order valence-corrected chi connectivity index (χ0v) is 25.7. The van der Waals surface area contributed by atoms with E-state index in [0.717, 1.165) is 63.9 Å². The molecular weight excluding hydrogens is 612 g/mol. The van der Waals surface area contributed by atoms with Gasteiger partial charge in [0, 0.05) is 54.0 Å². The molecule has 2 aromatic carbocycles. The van der Waals surface area contributed by atoms with Crippen LogP contribution in [0.25, 0.3) is 10.9 Å². The summed E-state index contributed by atoms with van der Waals surface area (Å²) in [4.78, 5) is 2.53. The van der Waals surface area contributed by atoms with Gasteiger partial charge in [0.2, 0.25) is 6.86 Å². The average Bonchev–Trinajstić information content (AvgIpc) is 3.27. The highest BCUT2D eigenvalue weighted by molar-refractivity contribution is 7.90. The van der Waals surface area contributed by atoms with Gasteiger partial charge in [-0.25, -0.2) is 12.8 Å². The minimum atomic E-state index is -4.45. The third-order valence-electron chi connectivity index (χ3n) is 8.92. The van der Waals surface area contributed by atoms with Gasteiger partial charge in [0.1, 0.15) is 12.3 Å². The number of sulfone groups is 1. The first kappa shape index (κ1) is 31.5. The van der Waals surface area contributed by atoms with E-state index in [4.69, 9.17) is 9.47 Å². The van der Waals surface area contributed by atoms with Crippen molar-refractivity contribution in [2.75, 3.05) is 56.6 Å². The molecule has 6 rings (SSSR count). The molecule has 45 heavy (non-hydrogen) atoms. The van der Waals surface area contributed by atoms with Crippen LogP contribution in [0.1, 0.15) is 31.4 Å². The molecular formula is C32H36F4N4O4S. The molecule has 1 saturated carbocycles. The number of alkyl halides is 4. The first-order valence-corrected chi connectivity index (χ1v) is 16.9. The number of anilines is 2. The smallest absolute Gasteiger partial charge is 0.406 e. The third-order valence-corrected chi connectivity index (χ3v) is 10.0. The van der Waals surface area contributed by atoms with E-state index >= 15 is 0 Å². The van der Waals surface area contributed by atoms with E-state index in [1.807, 2.05) is 6.07 Å². The van der Waals surface area contributed by atoms with Gasteiger partial charge in [0.15, 0.2) is 9.84 Å². The Labute approximate surface area is 260 Å². The van der Waals surface area contributed by atoms with Gasteiger partial charge in [0.05, 0.1) is 41.6 Å². The molecule has 1 spiro atoms. The lowest BCUT2D eigenvalue weighted by Crippen LogP contribution is -2.68. The predicted molar refractivity (Wildman–Crippen MR) is 164 cm³/mol. The Bertz CT molecular complexity index is 1710. The van der Waals surface area contributed by atoms with E-state index in [0.29, 0.717) is 28.0 Å². The van der Waals surface area contributed by atoms with Crippen molar-refractivity contribution in [1.29, 1.82) is 0 Å². The number of hydrogen-bond donors (Lipinski definition) is 2. The summed E-state index contributed by atoms with van der Waals surface area (Å²) >= 11 is 0. The fourth-order valence-corrected chi connectivity index (χ4v) is 7.28. The summed E-state index contributed by atoms with van der Waals surface area (Å²) in [7, 11) is -3.54. The molecule has 3 fully saturated rings. The molecule has 2 aliphatic heterocycles. The number of ether oxygens (including phenoxy) is 2. The summed E-state index contributed by atoms with van der Waals surface area (Å²) < 4.78 is 89.1. The predicted octanol–water partition coefficient (Wildman–Crippen LogP) is 5.43. The van der Waals surface area contributed by atoms with Crippen molar-refractivity contribution in [2.24, 2.45) is 5.41 Å². The summed E-state index contributed by atoms with van der Waals surface area (Å²) in [6.45, 7) is 1.61. The molecule has 0 bridgehead atoms. The SMILES string of the molecule is CS(=O)(=O)c1ccc(NCC#Cc2cc3c(N[C@H]4CC[C@@H](N5CC6(COC6)C5)CC4)cccc3n2CC(F)(F)F)c(OCF)c1. The number of nitrogens with zero attached hydrogens (tertiary/aromatic N) is 2. The summed E-state index contributed by atoms with van der Waals surface area (Å²) in [5.41, 5.74) is 2.13. The number of halogens is 4. The van der Waals surface area contributed by atoms with Gasteiger partial charge in [0.25, 0.3) is 0 Å². The quantitative estimate of drug-likeness (QED) is 0.237. The van der Waals surface area contributed by atoms with Crippen molar-refractivity contribution in [3.63, 3.8) is 0 Å². The molecule has 0 unspecified atom stereocenters. The normalized spacial score (nSPS) is 21.4. The van der Waals surface area contributed by atoms with Crippen LogP contribution in [0.4, 0.5) is 28.9 Å². The van der Waals surface area contributed by atoms with Crippen LogP contribution in [0.3, 0.4) is 0 Å². The number of nitrogens with one attached hydrogen (secondary N) is 2. The second-order valence-corrected chi connectivity index (χ2v) is 14.4. The van der Waals surface area contributed by atoms with E-state index in [1.54, 1.807) is 18.2 Å². The maximum absolute atomic E-state index is 13.7. The van der Waals surface area contributed by atoms with Crippen LogP contribution in [0.2, 0.25) is 0 Å². The zero-order chi connectivity index (χ0) is 31.8. The third kappa shape index (κ3) is 7.03. The lowest BCUT2D eigenvalue weighted by atomic mass is 9.75. The van der Waals surface area contributed by atoms with Gasteiger partial charge in [-0.3, -0.25) is 4.90 Å². The number of benzene rings is 2. The minimum absolute atomic E-state index is 0.00603. The number of likely N-dealkylation sites (tertiary alicyclic amines) is 1. The van der Waals surface area contributed by atoms with Crippen LogP contribution in [0.15, 0.2) is 47.4 Å². The Hall–Kier alpha value is -3.47. The maximum atomic E-state index is 13.7. The monoisotopic (exact) mass is 648 g/mol. The highest BCUT2D eigenvalue weighted by atomic mass is 32.2. The molecule has 3 heterocycles. The lowest BCUT2D eigenvalue weighted by molar-refractivity contribution is -0.200. The molecule has 13 heteroatoms. The van der Waals surface area contributed by atoms with Crippen LogP contribution in [0, 0.1) is 17.3 Å². The van der Waals surface area contributed by atoms with E-state index in [2.05, 4.69) is 27.4 Å². The van der Waals surface area contributed by atoms with Crippen molar-refractivity contribution in [2.45, 2.75) is 55.4 Å². The van der Waals surface area contributed by atoms with E-state index < -0.39 is 29.4 Å². The van der Waals surface area contributed by atoms with Crippen molar-refractivity contribution >= 4 is 32.1 Å². The molecule has 242 valence electrons. The first-order valence-electron chi connectivity index (χ1n) is 15.0. The van der Waals surface area contributed by atoms with Crippen molar-refractivity contribution in [1.82, 2.24) is 9.47 Å². The fourth-order valence-electron chi connectivity index (χ4n) is 6.65. The van der Waals surface area contributed by atoms with E-state index in [9.17, 15) is 26.0 Å². The van der Waals surface area contributed by atoms with Gasteiger partial charge >= 0.3 is 6.18 Å². The van der Waals surface area contributed by atoms with E-state index in [1.165, 1.54) is 22.8 Å². The Balaban J connectivity index is 1.16. The van der Waals surface area contributed by atoms with Gasteiger partial charge in [-0.1, -0.05) is 12.0 Å². The van der Waals surface area contributed by atoms with Crippen molar-refractivity contribution in [3.05, 3.63) is 48.2 Å². The number of aromatic nitrogens is 1. The molecule has 0 atom stereocenters. The van der Waals surface area contributed by atoms with Crippen molar-refractivity contribution < 1.29 is 35.5 Å². The maximum Gasteiger partial charge on any atom is 0.406 e. The molecule has 3 aromatic rings. The summed E-state index contributed by atoms with van der Waals surface area (Å²) in [6, 6.07) is 11.8. The second-order valence-electron chi connectivity index (χ2n) is 12.4. The van der Waals surface area contributed by atoms with Gasteiger partial charge in [-0.05, 0) is 61.9 Å². The van der Waals surface area contributed by atoms with Crippen LogP contribution in [-0.4, -0.2) is 82.1 Å². The summed E-state index contributed by atoms with van der Waals surface area (Å²) in [6.07, 6.45) is 0.712. The molecule has 8 nitrogen and oxygen atoms in total. The van der Waals surface area contributed by atoms with Crippen LogP contribution in [-0.2, 0) is 21.1 Å². The number of fused-ring (bicyclic) bond motifs is 1. The topological polar surface area (TPSA) is 84.8 Å². The summed E-state index contributed by atoms with van der Waals surface area (Å²) in [5.74, 6) is 5.69. The lowest BCUT2D eigenvalue weighted by Gasteiger charge is -2.58. The average molecular weight is 649 g/mol. The summed E-state index contributed by atoms with van der Waals surface area (Å²) in [5, 5.41) is 7.21. The highest BCUT2D eigenvalue weighted by Crippen LogP contribution is 2.41. The molecule has 0 amide bonds. The van der Waals surface area contributed by atoms with Crippen molar-refractivity contribution in [3.8, 4) is 17.6 Å². The minimum Gasteiger partial charge on any atom is -0.461 e. The number of hydrogen-bond acceptors (Lipinski definition) is 7. The molecule has 1 aliphatic carbocycles. The molecule has 3 aliphatic rings. The van der Waals surface area contributed by atoms with Gasteiger partial charge in [-0.15, -0.1) is 0 Å². The standard InChI is InChI=1S/C32H36F4N4O4S/c1-45(41,42)25-11-12-28(30(15-25)44-21-33)37-13-3-4-24-14-26-27(5-2-6-29(26)40(24)18-32(34,35)36)38-22-7-9-23(10-8-22)39-16-31(17-39)19-43-20-31/h2,5-6,11-12,14-15,22-23,37-38H,7-10,13,16-21H2,1H3/t22-,23+. The van der Waals surface area contributed by atoms with Crippen LogP contribution in [0.5, 0.6) is 5.75 Å². The van der Waals surface area contributed by atoms with Crippen LogP contribution >= 0.6 is 0 Å². The Morgan fingerprint density at radius 2 is 1.82 bits per heavy atom. The Morgan fingerprint density at radius 3 is 2.47 bits per heavy atom. The van der Waals surface area contributed by atoms with E-state index in [-0.39, 0.29) is 28.9 Å². The number of rotatable bonds is 9. The molecule has 1 aromatic heterocycles. The second kappa shape index (κ2) is 12.4. The Kier molecular flexibility index (Phi) is 8.67. The largest absolute Gasteiger partial charge is 0.461 e.